The summed E-state index contributed by atoms with van der Waals surface area (Å²) in [6.45, 7) is 0. The minimum Gasteiger partial charge on any atom is -0.726 e. The van der Waals surface area contributed by atoms with Gasteiger partial charge in [0.15, 0.2) is 9.84 Å². The van der Waals surface area contributed by atoms with E-state index in [0.29, 0.717) is 0 Å². The van der Waals surface area contributed by atoms with Crippen LogP contribution in [0, 0.1) is 0 Å². The fraction of sp³-hybridized carbons (Fsp3) is 1.00. The zero-order valence-electron chi connectivity index (χ0n) is 6.21. The van der Waals surface area contributed by atoms with Crippen LogP contribution in [-0.2, 0) is 24.4 Å². The third-order valence-electron chi connectivity index (χ3n) is 1.48. The molecule has 1 fully saturated rings. The smallest absolute Gasteiger partial charge is 0.217 e. The maximum absolute atomic E-state index is 10.9. The highest BCUT2D eigenvalue weighted by Crippen LogP contribution is 2.21. The Hall–Kier alpha value is 0.110. The van der Waals surface area contributed by atoms with E-state index >= 15 is 0 Å². The molecule has 0 unspecified atom stereocenters. The molecule has 1 rings (SSSR count). The lowest BCUT2D eigenvalue weighted by Gasteiger charge is -2.14. The molecule has 13 heavy (non-hydrogen) atoms. The van der Waals surface area contributed by atoms with E-state index in [2.05, 4.69) is 4.18 Å². The number of sulfone groups is 1. The number of hydrogen-bond acceptors (Lipinski definition) is 6. The molecule has 0 radical (unpaired) electrons. The monoisotopic (exact) mass is 249 g/mol. The van der Waals surface area contributed by atoms with Gasteiger partial charge < -0.3 is 4.55 Å². The minimum atomic E-state index is -4.89. The molecule has 0 aromatic rings. The summed E-state index contributed by atoms with van der Waals surface area (Å²) in [5, 5.41) is -0.978. The van der Waals surface area contributed by atoms with Crippen LogP contribution in [0.25, 0.3) is 0 Å². The second kappa shape index (κ2) is 3.35. The largest absolute Gasteiger partial charge is 0.726 e. The Morgan fingerprint density at radius 1 is 1.38 bits per heavy atom. The van der Waals surface area contributed by atoms with E-state index in [1.165, 1.54) is 0 Å². The molecule has 2 atom stereocenters. The summed E-state index contributed by atoms with van der Waals surface area (Å²) in [5.41, 5.74) is 0. The summed E-state index contributed by atoms with van der Waals surface area (Å²) in [7, 11) is -8.27. The topological polar surface area (TPSA) is 101 Å². The van der Waals surface area contributed by atoms with E-state index in [1.54, 1.807) is 0 Å². The summed E-state index contributed by atoms with van der Waals surface area (Å²) in [5.74, 6) is -0.891. The molecule has 0 saturated carbocycles. The maximum atomic E-state index is 10.9. The van der Waals surface area contributed by atoms with Crippen molar-refractivity contribution in [3.05, 3.63) is 0 Å². The van der Waals surface area contributed by atoms with Gasteiger partial charge >= 0.3 is 0 Å². The molecule has 0 amide bonds. The van der Waals surface area contributed by atoms with Crippen molar-refractivity contribution in [1.29, 1.82) is 0 Å². The zero-order valence-corrected chi connectivity index (χ0v) is 8.60. The molecular formula is C4H6ClO6S2-. The van der Waals surface area contributed by atoms with Crippen molar-refractivity contribution in [2.75, 3.05) is 11.5 Å². The Morgan fingerprint density at radius 2 is 1.92 bits per heavy atom. The van der Waals surface area contributed by atoms with Crippen molar-refractivity contribution >= 4 is 31.8 Å². The number of rotatable bonds is 2. The molecule has 0 aliphatic carbocycles. The van der Waals surface area contributed by atoms with Crippen LogP contribution in [0.15, 0.2) is 0 Å². The van der Waals surface area contributed by atoms with Gasteiger partial charge in [0.1, 0.15) is 6.10 Å². The fourth-order valence-corrected chi connectivity index (χ4v) is 4.12. The molecule has 0 N–H and O–H groups in total. The zero-order chi connectivity index (χ0) is 10.3. The average molecular weight is 250 g/mol. The van der Waals surface area contributed by atoms with Crippen LogP contribution in [-0.4, -0.2) is 44.4 Å². The Balaban J connectivity index is 2.76. The number of halogens is 1. The van der Waals surface area contributed by atoms with Gasteiger partial charge in [-0.15, -0.1) is 11.6 Å². The van der Waals surface area contributed by atoms with Gasteiger partial charge in [-0.05, 0) is 0 Å². The quantitative estimate of drug-likeness (QED) is 0.349. The highest BCUT2D eigenvalue weighted by atomic mass is 35.5. The minimum absolute atomic E-state index is 0.366. The summed E-state index contributed by atoms with van der Waals surface area (Å²) in [6.07, 6.45) is -1.26. The SMILES string of the molecule is O=S1(=O)C[C@H](Cl)[C@H](OS(=O)(=O)[O-])C1. The summed E-state index contributed by atoms with van der Waals surface area (Å²) < 4.78 is 56.0. The Labute approximate surface area is 80.7 Å². The van der Waals surface area contributed by atoms with Crippen molar-refractivity contribution in [2.45, 2.75) is 11.5 Å². The summed E-state index contributed by atoms with van der Waals surface area (Å²) in [4.78, 5) is 0. The van der Waals surface area contributed by atoms with Crippen molar-refractivity contribution in [2.24, 2.45) is 0 Å². The molecular weight excluding hydrogens is 244 g/mol. The first kappa shape index (κ1) is 11.2. The molecule has 1 saturated heterocycles. The van der Waals surface area contributed by atoms with Gasteiger partial charge in [-0.25, -0.2) is 16.8 Å². The lowest BCUT2D eigenvalue weighted by molar-refractivity contribution is 0.201. The average Bonchev–Trinajstić information content (AvgIpc) is 2.00. The van der Waals surface area contributed by atoms with Crippen molar-refractivity contribution in [3.8, 4) is 0 Å². The van der Waals surface area contributed by atoms with Crippen LogP contribution in [0.1, 0.15) is 0 Å². The van der Waals surface area contributed by atoms with E-state index in [9.17, 15) is 21.4 Å². The molecule has 1 aliphatic rings. The van der Waals surface area contributed by atoms with Gasteiger partial charge in [0.2, 0.25) is 10.4 Å². The summed E-state index contributed by atoms with van der Waals surface area (Å²) >= 11 is 5.46. The molecule has 6 nitrogen and oxygen atoms in total. The standard InChI is InChI=1S/C4H7ClO6S2/c5-3-1-12(6,7)2-4(3)11-13(8,9)10/h3-4H,1-2H2,(H,8,9,10)/p-1/t3-,4+/m0/s1. The number of hydrogen-bond donors (Lipinski definition) is 0. The van der Waals surface area contributed by atoms with Crippen LogP contribution in [0.4, 0.5) is 0 Å². The van der Waals surface area contributed by atoms with Gasteiger partial charge in [0.05, 0.1) is 16.9 Å². The van der Waals surface area contributed by atoms with Crippen LogP contribution < -0.4 is 0 Å². The van der Waals surface area contributed by atoms with Crippen LogP contribution >= 0.6 is 11.6 Å². The van der Waals surface area contributed by atoms with Gasteiger partial charge in [-0.1, -0.05) is 0 Å². The first-order valence-electron chi connectivity index (χ1n) is 3.18. The van der Waals surface area contributed by atoms with E-state index < -0.39 is 37.5 Å². The van der Waals surface area contributed by atoms with Crippen molar-refractivity contribution in [1.82, 2.24) is 0 Å². The first-order valence-corrected chi connectivity index (χ1v) is 6.77. The van der Waals surface area contributed by atoms with E-state index in [-0.39, 0.29) is 5.75 Å². The molecule has 0 aromatic carbocycles. The molecule has 1 aliphatic heterocycles. The highest BCUT2D eigenvalue weighted by Gasteiger charge is 2.38. The molecule has 78 valence electrons. The molecule has 0 aromatic heterocycles. The van der Waals surface area contributed by atoms with Crippen LogP contribution in [0.2, 0.25) is 0 Å². The van der Waals surface area contributed by atoms with E-state index in [1.807, 2.05) is 0 Å². The van der Waals surface area contributed by atoms with Crippen molar-refractivity contribution in [3.63, 3.8) is 0 Å². The predicted molar refractivity (Wildman–Crippen MR) is 42.9 cm³/mol. The van der Waals surface area contributed by atoms with Gasteiger partial charge in [-0.2, -0.15) is 0 Å². The maximum Gasteiger partial charge on any atom is 0.217 e. The molecule has 0 bridgehead atoms. The van der Waals surface area contributed by atoms with E-state index in [0.717, 1.165) is 0 Å². The molecule has 0 spiro atoms. The molecule has 9 heteroatoms. The second-order valence-electron chi connectivity index (χ2n) is 2.64. The lowest BCUT2D eigenvalue weighted by atomic mass is 10.3. The Bertz CT molecular complexity index is 383. The summed E-state index contributed by atoms with van der Waals surface area (Å²) in [6, 6.07) is 0. The van der Waals surface area contributed by atoms with Crippen LogP contribution in [0.5, 0.6) is 0 Å². The van der Waals surface area contributed by atoms with Crippen LogP contribution in [0.3, 0.4) is 0 Å². The van der Waals surface area contributed by atoms with Gasteiger partial charge in [-0.3, -0.25) is 4.18 Å². The fourth-order valence-electron chi connectivity index (χ4n) is 1.01. The third-order valence-corrected chi connectivity index (χ3v) is 4.28. The molecule has 1 heterocycles. The second-order valence-corrected chi connectivity index (χ2v) is 6.36. The Morgan fingerprint density at radius 3 is 2.23 bits per heavy atom. The van der Waals surface area contributed by atoms with Gasteiger partial charge in [0.25, 0.3) is 0 Å². The predicted octanol–water partition coefficient (Wildman–Crippen LogP) is -1.13. The normalized spacial score (nSPS) is 33.4. The highest BCUT2D eigenvalue weighted by molar-refractivity contribution is 7.91. The Kier molecular flexibility index (Phi) is 2.89. The number of alkyl halides is 1. The lowest BCUT2D eigenvalue weighted by Crippen LogP contribution is -2.25. The van der Waals surface area contributed by atoms with Gasteiger partial charge in [0, 0.05) is 0 Å². The van der Waals surface area contributed by atoms with Crippen molar-refractivity contribution < 1.29 is 25.6 Å². The first-order chi connectivity index (χ1) is 5.70. The van der Waals surface area contributed by atoms with E-state index in [4.69, 9.17) is 11.6 Å². The third kappa shape index (κ3) is 3.39.